The number of carboxylic acid groups (broad SMARTS) is 1. The van der Waals surface area contributed by atoms with Gasteiger partial charge in [0.05, 0.1) is 28.4 Å². The molecule has 0 fully saturated rings. The van der Waals surface area contributed by atoms with E-state index in [2.05, 4.69) is 0 Å². The van der Waals surface area contributed by atoms with Crippen molar-refractivity contribution >= 4 is 5.97 Å². The summed E-state index contributed by atoms with van der Waals surface area (Å²) < 4.78 is 20.9. The van der Waals surface area contributed by atoms with Crippen molar-refractivity contribution in [3.8, 4) is 23.0 Å². The lowest BCUT2D eigenvalue weighted by Gasteiger charge is -2.17. The van der Waals surface area contributed by atoms with Crippen LogP contribution in [-0.2, 0) is 4.79 Å². The van der Waals surface area contributed by atoms with E-state index in [1.807, 2.05) is 0 Å². The number of hydrogen-bond acceptors (Lipinski definition) is 5. The third-order valence-corrected chi connectivity index (χ3v) is 3.73. The normalized spacial score (nSPS) is 10.4. The molecule has 2 aromatic rings. The molecule has 0 spiro atoms. The molecule has 2 aromatic carbocycles. The van der Waals surface area contributed by atoms with Crippen LogP contribution < -0.4 is 18.9 Å². The van der Waals surface area contributed by atoms with E-state index in [1.165, 1.54) is 28.4 Å². The summed E-state index contributed by atoms with van der Waals surface area (Å²) in [5.41, 5.74) is 1.15. The van der Waals surface area contributed by atoms with Gasteiger partial charge in [-0.15, -0.1) is 0 Å². The lowest BCUT2D eigenvalue weighted by Crippen LogP contribution is -2.13. The summed E-state index contributed by atoms with van der Waals surface area (Å²) >= 11 is 0. The van der Waals surface area contributed by atoms with E-state index in [0.717, 1.165) is 0 Å². The molecular weight excluding hydrogens is 312 g/mol. The maximum absolute atomic E-state index is 11.9. The average molecular weight is 332 g/mol. The summed E-state index contributed by atoms with van der Waals surface area (Å²) in [6.07, 6.45) is 0. The maximum atomic E-state index is 11.9. The molecule has 0 aliphatic carbocycles. The topological polar surface area (TPSA) is 74.2 Å². The van der Waals surface area contributed by atoms with Gasteiger partial charge in [-0.05, 0) is 35.4 Å². The van der Waals surface area contributed by atoms with E-state index in [-0.39, 0.29) is 0 Å². The number of ether oxygens (including phenoxy) is 4. The molecule has 0 saturated carbocycles. The molecule has 2 rings (SSSR count). The van der Waals surface area contributed by atoms with E-state index >= 15 is 0 Å². The van der Waals surface area contributed by atoms with Crippen molar-refractivity contribution in [1.82, 2.24) is 0 Å². The lowest BCUT2D eigenvalue weighted by molar-refractivity contribution is -0.137. The minimum absolute atomic E-state index is 0.474. The van der Waals surface area contributed by atoms with Gasteiger partial charge in [0.2, 0.25) is 0 Å². The van der Waals surface area contributed by atoms with Crippen LogP contribution in [0.5, 0.6) is 23.0 Å². The molecule has 0 atom stereocenters. The number of aliphatic carboxylic acids is 1. The van der Waals surface area contributed by atoms with E-state index in [1.54, 1.807) is 36.4 Å². The van der Waals surface area contributed by atoms with Crippen LogP contribution in [-0.4, -0.2) is 39.5 Å². The van der Waals surface area contributed by atoms with Crippen molar-refractivity contribution < 1.29 is 28.8 Å². The smallest absolute Gasteiger partial charge is 0.315 e. The van der Waals surface area contributed by atoms with Crippen molar-refractivity contribution in [3.05, 3.63) is 47.5 Å². The maximum Gasteiger partial charge on any atom is 0.315 e. The van der Waals surface area contributed by atoms with Crippen molar-refractivity contribution in [2.75, 3.05) is 28.4 Å². The van der Waals surface area contributed by atoms with Gasteiger partial charge in [0, 0.05) is 0 Å². The highest BCUT2D eigenvalue weighted by molar-refractivity contribution is 5.81. The molecule has 0 bridgehead atoms. The first-order valence-electron chi connectivity index (χ1n) is 7.22. The van der Waals surface area contributed by atoms with Crippen LogP contribution in [0.3, 0.4) is 0 Å². The summed E-state index contributed by atoms with van der Waals surface area (Å²) in [5, 5.41) is 9.72. The molecule has 6 heteroatoms. The van der Waals surface area contributed by atoms with Crippen LogP contribution in [0.15, 0.2) is 36.4 Å². The Morgan fingerprint density at radius 3 is 1.42 bits per heavy atom. The van der Waals surface area contributed by atoms with Gasteiger partial charge in [-0.3, -0.25) is 4.79 Å². The van der Waals surface area contributed by atoms with Crippen LogP contribution >= 0.6 is 0 Å². The van der Waals surface area contributed by atoms with Crippen LogP contribution in [0.25, 0.3) is 0 Å². The monoisotopic (exact) mass is 332 g/mol. The third kappa shape index (κ3) is 3.37. The van der Waals surface area contributed by atoms with E-state index in [0.29, 0.717) is 34.1 Å². The van der Waals surface area contributed by atoms with Gasteiger partial charge in [0.25, 0.3) is 0 Å². The van der Waals surface area contributed by atoms with Gasteiger partial charge in [-0.2, -0.15) is 0 Å². The molecule has 0 aliphatic heterocycles. The molecular formula is C18H20O6. The number of benzene rings is 2. The molecule has 0 aliphatic rings. The Morgan fingerprint density at radius 2 is 1.12 bits per heavy atom. The van der Waals surface area contributed by atoms with E-state index in [4.69, 9.17) is 18.9 Å². The van der Waals surface area contributed by atoms with Gasteiger partial charge in [0.1, 0.15) is 5.92 Å². The number of hydrogen-bond donors (Lipinski definition) is 1. The van der Waals surface area contributed by atoms with Gasteiger partial charge in [0.15, 0.2) is 23.0 Å². The van der Waals surface area contributed by atoms with Crippen LogP contribution in [0, 0.1) is 0 Å². The minimum Gasteiger partial charge on any atom is -0.493 e. The first-order chi connectivity index (χ1) is 11.5. The molecule has 0 heterocycles. The highest BCUT2D eigenvalue weighted by atomic mass is 16.5. The molecule has 0 saturated heterocycles. The quantitative estimate of drug-likeness (QED) is 0.840. The van der Waals surface area contributed by atoms with Gasteiger partial charge in [-0.25, -0.2) is 0 Å². The number of carbonyl (C=O) groups is 1. The third-order valence-electron chi connectivity index (χ3n) is 3.73. The summed E-state index contributed by atoms with van der Waals surface area (Å²) in [7, 11) is 6.07. The predicted octanol–water partition coefficient (Wildman–Crippen LogP) is 2.94. The Hall–Kier alpha value is -2.89. The van der Waals surface area contributed by atoms with E-state index in [9.17, 15) is 9.90 Å². The largest absolute Gasteiger partial charge is 0.493 e. The Bertz CT molecular complexity index is 670. The number of carboxylic acids is 1. The SMILES string of the molecule is COc1ccc(C(C(=O)O)c2ccc(OC)c(OC)c2)cc1OC. The fourth-order valence-corrected chi connectivity index (χ4v) is 2.54. The van der Waals surface area contributed by atoms with Crippen molar-refractivity contribution in [2.45, 2.75) is 5.92 Å². The minimum atomic E-state index is -0.977. The molecule has 1 N–H and O–H groups in total. The lowest BCUT2D eigenvalue weighted by atomic mass is 9.91. The fraction of sp³-hybridized carbons (Fsp3) is 0.278. The van der Waals surface area contributed by atoms with E-state index < -0.39 is 11.9 Å². The molecule has 0 amide bonds. The zero-order valence-electron chi connectivity index (χ0n) is 14.0. The summed E-state index contributed by atoms with van der Waals surface area (Å²) in [5.74, 6) is 0.179. The average Bonchev–Trinajstić information content (AvgIpc) is 2.61. The molecule has 0 aromatic heterocycles. The summed E-state index contributed by atoms with van der Waals surface area (Å²) in [4.78, 5) is 11.9. The zero-order chi connectivity index (χ0) is 17.7. The standard InChI is InChI=1S/C18H20O6/c1-21-13-7-5-11(9-15(13)23-3)17(18(19)20)12-6-8-14(22-2)16(10-12)24-4/h5-10,17H,1-4H3,(H,19,20). The Labute approximate surface area is 140 Å². The Morgan fingerprint density at radius 1 is 0.750 bits per heavy atom. The second-order valence-electron chi connectivity index (χ2n) is 5.00. The molecule has 0 radical (unpaired) electrons. The van der Waals surface area contributed by atoms with Crippen LogP contribution in [0.2, 0.25) is 0 Å². The van der Waals surface area contributed by atoms with Crippen molar-refractivity contribution in [2.24, 2.45) is 0 Å². The van der Waals surface area contributed by atoms with Gasteiger partial charge < -0.3 is 24.1 Å². The van der Waals surface area contributed by atoms with Crippen LogP contribution in [0.1, 0.15) is 17.0 Å². The predicted molar refractivity (Wildman–Crippen MR) is 88.6 cm³/mol. The van der Waals surface area contributed by atoms with Crippen molar-refractivity contribution in [3.63, 3.8) is 0 Å². The van der Waals surface area contributed by atoms with Crippen LogP contribution in [0.4, 0.5) is 0 Å². The molecule has 6 nitrogen and oxygen atoms in total. The first kappa shape index (κ1) is 17.5. The second-order valence-corrected chi connectivity index (χ2v) is 5.00. The zero-order valence-corrected chi connectivity index (χ0v) is 14.0. The Balaban J connectivity index is 2.53. The summed E-state index contributed by atoms with van der Waals surface area (Å²) in [6.45, 7) is 0. The molecule has 0 unspecified atom stereocenters. The van der Waals surface area contributed by atoms with Gasteiger partial charge in [-0.1, -0.05) is 12.1 Å². The number of rotatable bonds is 7. The van der Waals surface area contributed by atoms with Gasteiger partial charge >= 0.3 is 5.97 Å². The summed E-state index contributed by atoms with van der Waals surface area (Å²) in [6, 6.07) is 10.1. The highest BCUT2D eigenvalue weighted by Crippen LogP contribution is 2.36. The number of methoxy groups -OCH3 is 4. The molecule has 24 heavy (non-hydrogen) atoms. The Kier molecular flexibility index (Phi) is 5.52. The highest BCUT2D eigenvalue weighted by Gasteiger charge is 2.24. The van der Waals surface area contributed by atoms with Crippen molar-refractivity contribution in [1.29, 1.82) is 0 Å². The second kappa shape index (κ2) is 7.59. The first-order valence-corrected chi connectivity index (χ1v) is 7.22. The molecule has 128 valence electrons. The fourth-order valence-electron chi connectivity index (χ4n) is 2.54.